The molecule has 0 aliphatic carbocycles. The van der Waals surface area contributed by atoms with E-state index in [-0.39, 0.29) is 10.8 Å². The summed E-state index contributed by atoms with van der Waals surface area (Å²) in [5, 5.41) is 2.91. The van der Waals surface area contributed by atoms with Gasteiger partial charge in [0.05, 0.1) is 10.6 Å². The number of anilines is 2. The second kappa shape index (κ2) is 7.95. The summed E-state index contributed by atoms with van der Waals surface area (Å²) in [5.74, 6) is -0.213. The maximum absolute atomic E-state index is 13.2. The fraction of sp³-hybridized carbons (Fsp3) is 0.208. The number of aryl methyl sites for hydroxylation is 3. The van der Waals surface area contributed by atoms with Crippen LogP contribution in [0.5, 0.6) is 0 Å². The number of hydrogen-bond acceptors (Lipinski definition) is 3. The lowest BCUT2D eigenvalue weighted by Crippen LogP contribution is -2.35. The largest absolute Gasteiger partial charge is 0.322 e. The van der Waals surface area contributed by atoms with Crippen molar-refractivity contribution in [2.45, 2.75) is 31.6 Å². The Balaban J connectivity index is 1.66. The molecule has 0 aromatic heterocycles. The number of hydrogen-bond donors (Lipinski definition) is 1. The fourth-order valence-electron chi connectivity index (χ4n) is 3.90. The lowest BCUT2D eigenvalue weighted by molar-refractivity contribution is 0.102. The molecule has 1 aliphatic heterocycles. The summed E-state index contributed by atoms with van der Waals surface area (Å²) in [6.07, 6.45) is 1.56. The number of sulfonamides is 1. The van der Waals surface area contributed by atoms with Gasteiger partial charge in [0, 0.05) is 17.8 Å². The molecule has 0 radical (unpaired) electrons. The van der Waals surface area contributed by atoms with E-state index >= 15 is 0 Å². The molecule has 6 heteroatoms. The van der Waals surface area contributed by atoms with Gasteiger partial charge in [-0.3, -0.25) is 9.10 Å². The third kappa shape index (κ3) is 3.96. The van der Waals surface area contributed by atoms with E-state index in [9.17, 15) is 13.2 Å². The van der Waals surface area contributed by atoms with Gasteiger partial charge in [-0.15, -0.1) is 0 Å². The quantitative estimate of drug-likeness (QED) is 0.665. The molecule has 0 saturated heterocycles. The summed E-state index contributed by atoms with van der Waals surface area (Å²) >= 11 is 0. The first-order chi connectivity index (χ1) is 14.3. The molecule has 0 saturated carbocycles. The minimum atomic E-state index is -3.66. The van der Waals surface area contributed by atoms with Crippen LogP contribution in [-0.4, -0.2) is 20.9 Å². The lowest BCUT2D eigenvalue weighted by Gasteiger charge is -2.31. The molecule has 1 heterocycles. The van der Waals surface area contributed by atoms with Crippen molar-refractivity contribution >= 4 is 27.3 Å². The van der Waals surface area contributed by atoms with Crippen LogP contribution < -0.4 is 9.62 Å². The molecule has 0 bridgehead atoms. The molecule has 0 fully saturated rings. The van der Waals surface area contributed by atoms with Crippen LogP contribution in [0.25, 0.3) is 0 Å². The summed E-state index contributed by atoms with van der Waals surface area (Å²) in [6.45, 7) is 4.32. The van der Waals surface area contributed by atoms with Gasteiger partial charge in [0.1, 0.15) is 0 Å². The Morgan fingerprint density at radius 1 is 0.933 bits per heavy atom. The highest BCUT2D eigenvalue weighted by Crippen LogP contribution is 2.34. The van der Waals surface area contributed by atoms with E-state index in [4.69, 9.17) is 0 Å². The molecule has 0 unspecified atom stereocenters. The molecule has 1 amide bonds. The molecular formula is C24H24N2O3S. The maximum atomic E-state index is 13.2. The third-order valence-corrected chi connectivity index (χ3v) is 7.06. The van der Waals surface area contributed by atoms with E-state index in [1.807, 2.05) is 44.2 Å². The molecule has 4 rings (SSSR count). The highest BCUT2D eigenvalue weighted by Gasteiger charge is 2.29. The number of amides is 1. The summed E-state index contributed by atoms with van der Waals surface area (Å²) in [7, 11) is -3.66. The summed E-state index contributed by atoms with van der Waals surface area (Å²) in [6, 6.07) is 19.6. The summed E-state index contributed by atoms with van der Waals surface area (Å²) in [4.78, 5) is 13.0. The molecule has 3 aromatic rings. The van der Waals surface area contributed by atoms with Crippen LogP contribution >= 0.6 is 0 Å². The van der Waals surface area contributed by atoms with Gasteiger partial charge in [0.2, 0.25) is 0 Å². The highest BCUT2D eigenvalue weighted by molar-refractivity contribution is 7.92. The first-order valence-corrected chi connectivity index (χ1v) is 11.4. The predicted octanol–water partition coefficient (Wildman–Crippen LogP) is 4.70. The monoisotopic (exact) mass is 420 g/mol. The van der Waals surface area contributed by atoms with Crippen molar-refractivity contribution in [3.63, 3.8) is 0 Å². The van der Waals surface area contributed by atoms with Crippen molar-refractivity contribution < 1.29 is 13.2 Å². The normalized spacial score (nSPS) is 13.6. The van der Waals surface area contributed by atoms with E-state index in [0.717, 1.165) is 29.5 Å². The number of nitrogens with one attached hydrogen (secondary N) is 1. The number of fused-ring (bicyclic) bond motifs is 1. The summed E-state index contributed by atoms with van der Waals surface area (Å²) < 4.78 is 27.9. The SMILES string of the molecule is Cc1cc(C)cc(C(=O)Nc2ccc3c(c2)N(S(=O)(=O)c2ccccc2)CCC3)c1. The first kappa shape index (κ1) is 20.2. The van der Waals surface area contributed by atoms with Crippen LogP contribution in [0.3, 0.4) is 0 Å². The Kier molecular flexibility index (Phi) is 5.35. The standard InChI is InChI=1S/C24H24N2O3S/c1-17-13-18(2)15-20(14-17)24(27)25-21-11-10-19-7-6-12-26(23(19)16-21)30(28,29)22-8-4-3-5-9-22/h3-5,8-11,13-16H,6-7,12H2,1-2H3,(H,25,27). The smallest absolute Gasteiger partial charge is 0.264 e. The number of nitrogens with zero attached hydrogens (tertiary/aromatic N) is 1. The second-order valence-electron chi connectivity index (χ2n) is 7.67. The molecule has 0 atom stereocenters. The van der Waals surface area contributed by atoms with Crippen LogP contribution in [0.2, 0.25) is 0 Å². The first-order valence-electron chi connectivity index (χ1n) is 9.95. The molecule has 1 N–H and O–H groups in total. The third-order valence-electron chi connectivity index (χ3n) is 5.23. The van der Waals surface area contributed by atoms with Crippen LogP contribution in [0, 0.1) is 13.8 Å². The molecular weight excluding hydrogens is 396 g/mol. The van der Waals surface area contributed by atoms with E-state index in [1.54, 1.807) is 36.4 Å². The zero-order valence-corrected chi connectivity index (χ0v) is 17.9. The second-order valence-corrected chi connectivity index (χ2v) is 9.53. The molecule has 30 heavy (non-hydrogen) atoms. The van der Waals surface area contributed by atoms with Gasteiger partial charge in [-0.05, 0) is 68.7 Å². The van der Waals surface area contributed by atoms with Gasteiger partial charge in [-0.1, -0.05) is 41.5 Å². The van der Waals surface area contributed by atoms with E-state index in [0.29, 0.717) is 23.5 Å². The van der Waals surface area contributed by atoms with Crippen molar-refractivity contribution in [2.75, 3.05) is 16.2 Å². The maximum Gasteiger partial charge on any atom is 0.264 e. The minimum Gasteiger partial charge on any atom is -0.322 e. The van der Waals surface area contributed by atoms with Crippen LogP contribution in [0.15, 0.2) is 71.6 Å². The topological polar surface area (TPSA) is 66.5 Å². The molecule has 0 spiro atoms. The molecule has 5 nitrogen and oxygen atoms in total. The number of carbonyl (C=O) groups is 1. The van der Waals surface area contributed by atoms with Crippen molar-refractivity contribution in [3.05, 3.63) is 89.0 Å². The Morgan fingerprint density at radius 3 is 2.33 bits per heavy atom. The predicted molar refractivity (Wildman–Crippen MR) is 120 cm³/mol. The number of carbonyl (C=O) groups excluding carboxylic acids is 1. The number of benzene rings is 3. The lowest BCUT2D eigenvalue weighted by atomic mass is 10.0. The van der Waals surface area contributed by atoms with Gasteiger partial charge >= 0.3 is 0 Å². The van der Waals surface area contributed by atoms with Crippen molar-refractivity contribution in [1.29, 1.82) is 0 Å². The highest BCUT2D eigenvalue weighted by atomic mass is 32.2. The van der Waals surface area contributed by atoms with E-state index in [1.165, 1.54) is 4.31 Å². The van der Waals surface area contributed by atoms with Crippen LogP contribution in [0.1, 0.15) is 33.5 Å². The zero-order chi connectivity index (χ0) is 21.3. The zero-order valence-electron chi connectivity index (χ0n) is 17.1. The number of rotatable bonds is 4. The van der Waals surface area contributed by atoms with Gasteiger partial charge in [0.25, 0.3) is 15.9 Å². The summed E-state index contributed by atoms with van der Waals surface area (Å²) in [5.41, 5.74) is 4.79. The van der Waals surface area contributed by atoms with Crippen molar-refractivity contribution in [1.82, 2.24) is 0 Å². The Bertz CT molecular complexity index is 1180. The van der Waals surface area contributed by atoms with Crippen molar-refractivity contribution in [3.8, 4) is 0 Å². The fourth-order valence-corrected chi connectivity index (χ4v) is 5.45. The van der Waals surface area contributed by atoms with E-state index < -0.39 is 10.0 Å². The molecule has 1 aliphatic rings. The van der Waals surface area contributed by atoms with Gasteiger partial charge in [-0.25, -0.2) is 8.42 Å². The minimum absolute atomic E-state index is 0.213. The van der Waals surface area contributed by atoms with Crippen LogP contribution in [-0.2, 0) is 16.4 Å². The molecule has 154 valence electrons. The van der Waals surface area contributed by atoms with Gasteiger partial charge in [-0.2, -0.15) is 0 Å². The van der Waals surface area contributed by atoms with Crippen molar-refractivity contribution in [2.24, 2.45) is 0 Å². The van der Waals surface area contributed by atoms with Gasteiger partial charge < -0.3 is 5.32 Å². The average Bonchev–Trinajstić information content (AvgIpc) is 2.73. The van der Waals surface area contributed by atoms with E-state index in [2.05, 4.69) is 5.32 Å². The van der Waals surface area contributed by atoms with Gasteiger partial charge in [0.15, 0.2) is 0 Å². The Hall–Kier alpha value is -3.12. The Morgan fingerprint density at radius 2 is 1.63 bits per heavy atom. The Labute approximate surface area is 177 Å². The molecule has 3 aromatic carbocycles. The average molecular weight is 421 g/mol. The van der Waals surface area contributed by atoms with Crippen LogP contribution in [0.4, 0.5) is 11.4 Å².